The summed E-state index contributed by atoms with van der Waals surface area (Å²) in [6, 6.07) is 16.0. The number of hydrogen-bond donors (Lipinski definition) is 1. The molecule has 0 heterocycles. The van der Waals surface area contributed by atoms with Crippen molar-refractivity contribution in [2.45, 2.75) is 26.8 Å². The summed E-state index contributed by atoms with van der Waals surface area (Å²) in [7, 11) is 0. The van der Waals surface area contributed by atoms with Crippen molar-refractivity contribution in [3.05, 3.63) is 71.3 Å². The lowest BCUT2D eigenvalue weighted by Crippen LogP contribution is -2.36. The lowest BCUT2D eigenvalue weighted by molar-refractivity contribution is 0.0930. The Morgan fingerprint density at radius 2 is 1.41 bits per heavy atom. The summed E-state index contributed by atoms with van der Waals surface area (Å²) < 4.78 is 0. The smallest absolute Gasteiger partial charge is 0.251 e. The molecule has 1 amide bonds. The van der Waals surface area contributed by atoms with E-state index in [4.69, 9.17) is 0 Å². The number of carbonyl (C=O) groups excluding carboxylic acids is 2. The number of ketones is 1. The average Bonchev–Trinajstić information content (AvgIpc) is 2.55. The Bertz CT molecular complexity index is 662. The molecule has 0 aliphatic rings. The number of benzene rings is 2. The standard InChI is InChI=1S/C19H21NO2/c1-13(2)14(3)20-19(22)17-11-7-10-16(12-17)18(21)15-8-5-4-6-9-15/h4-14H,1-3H3,(H,20,22). The van der Waals surface area contributed by atoms with Crippen molar-refractivity contribution >= 4 is 11.7 Å². The Hall–Kier alpha value is -2.42. The van der Waals surface area contributed by atoms with E-state index in [1.807, 2.05) is 25.1 Å². The summed E-state index contributed by atoms with van der Waals surface area (Å²) in [5.74, 6) is 0.133. The molecule has 114 valence electrons. The molecule has 2 rings (SSSR count). The van der Waals surface area contributed by atoms with Gasteiger partial charge in [-0.05, 0) is 25.0 Å². The molecule has 2 aromatic carbocycles. The molecule has 0 aliphatic heterocycles. The second-order valence-electron chi connectivity index (χ2n) is 5.78. The van der Waals surface area contributed by atoms with Gasteiger partial charge in [0.1, 0.15) is 0 Å². The molecule has 1 unspecified atom stereocenters. The van der Waals surface area contributed by atoms with E-state index in [0.29, 0.717) is 22.6 Å². The number of carbonyl (C=O) groups is 2. The van der Waals surface area contributed by atoms with Gasteiger partial charge in [0, 0.05) is 22.7 Å². The molecule has 0 spiro atoms. The molecule has 0 radical (unpaired) electrons. The fraction of sp³-hybridized carbons (Fsp3) is 0.263. The van der Waals surface area contributed by atoms with Crippen LogP contribution >= 0.6 is 0 Å². The van der Waals surface area contributed by atoms with Crippen LogP contribution in [0.4, 0.5) is 0 Å². The van der Waals surface area contributed by atoms with Crippen molar-refractivity contribution in [2.75, 3.05) is 0 Å². The van der Waals surface area contributed by atoms with Gasteiger partial charge >= 0.3 is 0 Å². The van der Waals surface area contributed by atoms with Crippen LogP contribution in [-0.4, -0.2) is 17.7 Å². The topological polar surface area (TPSA) is 46.2 Å². The molecule has 1 N–H and O–H groups in total. The SMILES string of the molecule is CC(C)C(C)NC(=O)c1cccc(C(=O)c2ccccc2)c1. The van der Waals surface area contributed by atoms with E-state index in [1.54, 1.807) is 36.4 Å². The van der Waals surface area contributed by atoms with Gasteiger partial charge in [-0.25, -0.2) is 0 Å². The number of nitrogens with one attached hydrogen (secondary N) is 1. The maximum atomic E-state index is 12.4. The number of amides is 1. The van der Waals surface area contributed by atoms with Crippen LogP contribution < -0.4 is 5.32 Å². The zero-order valence-electron chi connectivity index (χ0n) is 13.2. The fourth-order valence-corrected chi connectivity index (χ4v) is 2.01. The Morgan fingerprint density at radius 1 is 0.818 bits per heavy atom. The van der Waals surface area contributed by atoms with Gasteiger partial charge in [0.25, 0.3) is 5.91 Å². The highest BCUT2D eigenvalue weighted by molar-refractivity contribution is 6.10. The van der Waals surface area contributed by atoms with Crippen molar-refractivity contribution in [3.63, 3.8) is 0 Å². The van der Waals surface area contributed by atoms with Crippen LogP contribution in [-0.2, 0) is 0 Å². The monoisotopic (exact) mass is 295 g/mol. The molecule has 3 heteroatoms. The summed E-state index contributed by atoms with van der Waals surface area (Å²) >= 11 is 0. The van der Waals surface area contributed by atoms with E-state index in [9.17, 15) is 9.59 Å². The minimum Gasteiger partial charge on any atom is -0.349 e. The average molecular weight is 295 g/mol. The van der Waals surface area contributed by atoms with Gasteiger partial charge < -0.3 is 5.32 Å². The lowest BCUT2D eigenvalue weighted by Gasteiger charge is -2.17. The Labute approximate surface area is 131 Å². The maximum Gasteiger partial charge on any atom is 0.251 e. The molecule has 2 aromatic rings. The van der Waals surface area contributed by atoms with E-state index in [0.717, 1.165) is 0 Å². The first kappa shape index (κ1) is 16.0. The van der Waals surface area contributed by atoms with Gasteiger partial charge in [-0.15, -0.1) is 0 Å². The first-order valence-corrected chi connectivity index (χ1v) is 7.49. The third kappa shape index (κ3) is 3.82. The Morgan fingerprint density at radius 3 is 2.05 bits per heavy atom. The summed E-state index contributed by atoms with van der Waals surface area (Å²) in [4.78, 5) is 24.7. The van der Waals surface area contributed by atoms with E-state index in [2.05, 4.69) is 19.2 Å². The van der Waals surface area contributed by atoms with Gasteiger partial charge in [-0.2, -0.15) is 0 Å². The third-order valence-electron chi connectivity index (χ3n) is 3.78. The number of hydrogen-bond acceptors (Lipinski definition) is 2. The lowest BCUT2D eigenvalue weighted by atomic mass is 10.0. The maximum absolute atomic E-state index is 12.4. The third-order valence-corrected chi connectivity index (χ3v) is 3.78. The van der Waals surface area contributed by atoms with Crippen LogP contribution in [0.5, 0.6) is 0 Å². The molecular formula is C19H21NO2. The van der Waals surface area contributed by atoms with E-state index < -0.39 is 0 Å². The predicted molar refractivity (Wildman–Crippen MR) is 88.1 cm³/mol. The molecule has 0 bridgehead atoms. The summed E-state index contributed by atoms with van der Waals surface area (Å²) in [5.41, 5.74) is 1.65. The van der Waals surface area contributed by atoms with Gasteiger partial charge in [0.05, 0.1) is 0 Å². The van der Waals surface area contributed by atoms with Gasteiger partial charge in [0.15, 0.2) is 5.78 Å². The quantitative estimate of drug-likeness (QED) is 0.855. The molecule has 0 fully saturated rings. The van der Waals surface area contributed by atoms with E-state index in [1.165, 1.54) is 0 Å². The highest BCUT2D eigenvalue weighted by Crippen LogP contribution is 2.12. The van der Waals surface area contributed by atoms with Gasteiger partial charge in [-0.1, -0.05) is 56.3 Å². The summed E-state index contributed by atoms with van der Waals surface area (Å²) in [6.07, 6.45) is 0. The molecule has 0 aromatic heterocycles. The van der Waals surface area contributed by atoms with Crippen molar-refractivity contribution in [3.8, 4) is 0 Å². The molecule has 0 saturated heterocycles. The summed E-state index contributed by atoms with van der Waals surface area (Å²) in [6.45, 7) is 6.09. The van der Waals surface area contributed by atoms with E-state index >= 15 is 0 Å². The van der Waals surface area contributed by atoms with Crippen molar-refractivity contribution in [1.82, 2.24) is 5.32 Å². The van der Waals surface area contributed by atoms with Crippen LogP contribution in [0.15, 0.2) is 54.6 Å². The molecule has 1 atom stereocenters. The highest BCUT2D eigenvalue weighted by atomic mass is 16.1. The first-order valence-electron chi connectivity index (χ1n) is 7.49. The van der Waals surface area contributed by atoms with Crippen LogP contribution in [0.1, 0.15) is 47.1 Å². The predicted octanol–water partition coefficient (Wildman–Crippen LogP) is 3.69. The molecule has 22 heavy (non-hydrogen) atoms. The van der Waals surface area contributed by atoms with Crippen molar-refractivity contribution in [2.24, 2.45) is 5.92 Å². The normalized spacial score (nSPS) is 12.0. The largest absolute Gasteiger partial charge is 0.349 e. The second-order valence-corrected chi connectivity index (χ2v) is 5.78. The van der Waals surface area contributed by atoms with Gasteiger partial charge in [0.2, 0.25) is 0 Å². The van der Waals surface area contributed by atoms with Gasteiger partial charge in [-0.3, -0.25) is 9.59 Å². The molecule has 3 nitrogen and oxygen atoms in total. The van der Waals surface area contributed by atoms with Crippen LogP contribution in [0.2, 0.25) is 0 Å². The van der Waals surface area contributed by atoms with Crippen LogP contribution in [0.25, 0.3) is 0 Å². The van der Waals surface area contributed by atoms with Crippen LogP contribution in [0, 0.1) is 5.92 Å². The Balaban J connectivity index is 2.20. The second kappa shape index (κ2) is 7.03. The van der Waals surface area contributed by atoms with Crippen molar-refractivity contribution in [1.29, 1.82) is 0 Å². The zero-order valence-corrected chi connectivity index (χ0v) is 13.2. The van der Waals surface area contributed by atoms with Crippen molar-refractivity contribution < 1.29 is 9.59 Å². The van der Waals surface area contributed by atoms with Crippen LogP contribution in [0.3, 0.4) is 0 Å². The molecule has 0 aliphatic carbocycles. The minimum atomic E-state index is -0.149. The Kier molecular flexibility index (Phi) is 5.10. The molecule has 0 saturated carbocycles. The molecular weight excluding hydrogens is 274 g/mol. The highest BCUT2D eigenvalue weighted by Gasteiger charge is 2.15. The first-order chi connectivity index (χ1) is 10.5. The summed E-state index contributed by atoms with van der Waals surface area (Å²) in [5, 5.41) is 2.95. The fourth-order valence-electron chi connectivity index (χ4n) is 2.01. The minimum absolute atomic E-state index is 0.0767. The van der Waals surface area contributed by atoms with E-state index in [-0.39, 0.29) is 17.7 Å². The zero-order chi connectivity index (χ0) is 16.1. The number of rotatable bonds is 5.